The molecule has 104 valence electrons. The lowest BCUT2D eigenvalue weighted by atomic mass is 9.95. The molecule has 5 heteroatoms. The molecule has 3 atom stereocenters. The molecule has 2 saturated heterocycles. The van der Waals surface area contributed by atoms with Gasteiger partial charge in [-0.3, -0.25) is 0 Å². The van der Waals surface area contributed by atoms with Crippen LogP contribution in [-0.2, 0) is 11.2 Å². The van der Waals surface area contributed by atoms with E-state index >= 15 is 0 Å². The van der Waals surface area contributed by atoms with Crippen LogP contribution >= 0.6 is 0 Å². The number of aromatic nitrogens is 2. The van der Waals surface area contributed by atoms with Crippen LogP contribution in [0.4, 0.5) is 11.6 Å². The van der Waals surface area contributed by atoms with Gasteiger partial charge in [-0.05, 0) is 32.6 Å². The van der Waals surface area contributed by atoms with Gasteiger partial charge in [-0.15, -0.1) is 0 Å². The van der Waals surface area contributed by atoms with E-state index in [1.54, 1.807) is 6.33 Å². The second-order valence-electron chi connectivity index (χ2n) is 5.29. The highest BCUT2D eigenvalue weighted by molar-refractivity contribution is 5.57. The Bertz CT molecular complexity index is 451. The van der Waals surface area contributed by atoms with E-state index in [2.05, 4.69) is 34.4 Å². The summed E-state index contributed by atoms with van der Waals surface area (Å²) in [4.78, 5) is 8.75. The molecule has 19 heavy (non-hydrogen) atoms. The van der Waals surface area contributed by atoms with Gasteiger partial charge in [0, 0.05) is 12.1 Å². The predicted octanol–water partition coefficient (Wildman–Crippen LogP) is 2.20. The van der Waals surface area contributed by atoms with Crippen LogP contribution in [0.1, 0.15) is 38.7 Å². The van der Waals surface area contributed by atoms with Gasteiger partial charge in [-0.1, -0.05) is 6.92 Å². The molecule has 0 aromatic carbocycles. The van der Waals surface area contributed by atoms with E-state index in [0.29, 0.717) is 18.2 Å². The molecular formula is C14H22N4O. The van der Waals surface area contributed by atoms with E-state index in [0.717, 1.165) is 31.0 Å². The molecule has 2 bridgehead atoms. The van der Waals surface area contributed by atoms with Gasteiger partial charge >= 0.3 is 0 Å². The van der Waals surface area contributed by atoms with Crippen molar-refractivity contribution in [3.8, 4) is 0 Å². The second kappa shape index (κ2) is 5.33. The molecule has 3 rings (SSSR count). The van der Waals surface area contributed by atoms with Crippen molar-refractivity contribution in [3.05, 3.63) is 11.9 Å². The fourth-order valence-corrected chi connectivity index (χ4v) is 3.16. The van der Waals surface area contributed by atoms with Crippen LogP contribution in [0.2, 0.25) is 0 Å². The van der Waals surface area contributed by atoms with Gasteiger partial charge < -0.3 is 15.4 Å². The normalized spacial score (nSPS) is 28.6. The first-order chi connectivity index (χ1) is 9.31. The Hall–Kier alpha value is -1.36. The lowest BCUT2D eigenvalue weighted by Crippen LogP contribution is -2.31. The lowest BCUT2D eigenvalue weighted by Gasteiger charge is -2.22. The number of ether oxygens (including phenoxy) is 1. The minimum absolute atomic E-state index is 0.368. The van der Waals surface area contributed by atoms with Crippen molar-refractivity contribution in [2.75, 3.05) is 17.2 Å². The zero-order valence-corrected chi connectivity index (χ0v) is 11.6. The highest BCUT2D eigenvalue weighted by atomic mass is 16.5. The van der Waals surface area contributed by atoms with Crippen molar-refractivity contribution in [3.63, 3.8) is 0 Å². The molecule has 1 aromatic rings. The summed E-state index contributed by atoms with van der Waals surface area (Å²) in [7, 11) is 0. The van der Waals surface area contributed by atoms with Crippen molar-refractivity contribution < 1.29 is 4.74 Å². The quantitative estimate of drug-likeness (QED) is 0.852. The molecule has 2 aliphatic heterocycles. The molecular weight excluding hydrogens is 240 g/mol. The Kier molecular flexibility index (Phi) is 3.55. The predicted molar refractivity (Wildman–Crippen MR) is 75.5 cm³/mol. The van der Waals surface area contributed by atoms with E-state index in [4.69, 9.17) is 4.74 Å². The Morgan fingerprint density at radius 2 is 2.11 bits per heavy atom. The van der Waals surface area contributed by atoms with Crippen LogP contribution in [0.3, 0.4) is 0 Å². The maximum Gasteiger partial charge on any atom is 0.135 e. The Balaban J connectivity index is 1.78. The molecule has 0 radical (unpaired) electrons. The number of hydrogen-bond acceptors (Lipinski definition) is 5. The summed E-state index contributed by atoms with van der Waals surface area (Å²) >= 11 is 0. The SMILES string of the molecule is CCNc1ncnc(NC2CC3CCC2O3)c1CC. The average Bonchev–Trinajstić information content (AvgIpc) is 3.02. The van der Waals surface area contributed by atoms with E-state index in [1.807, 2.05) is 0 Å². The highest BCUT2D eigenvalue weighted by Gasteiger charge is 2.41. The van der Waals surface area contributed by atoms with Gasteiger partial charge in [0.25, 0.3) is 0 Å². The summed E-state index contributed by atoms with van der Waals surface area (Å²) in [6.45, 7) is 5.10. The summed E-state index contributed by atoms with van der Waals surface area (Å²) in [5, 5.41) is 6.88. The molecule has 3 unspecified atom stereocenters. The Morgan fingerprint density at radius 3 is 2.74 bits per heavy atom. The fourth-order valence-electron chi connectivity index (χ4n) is 3.16. The minimum atomic E-state index is 0.368. The molecule has 0 spiro atoms. The minimum Gasteiger partial charge on any atom is -0.373 e. The van der Waals surface area contributed by atoms with E-state index in [-0.39, 0.29) is 0 Å². The number of anilines is 2. The molecule has 5 nitrogen and oxygen atoms in total. The third-order valence-corrected chi connectivity index (χ3v) is 4.07. The summed E-state index contributed by atoms with van der Waals surface area (Å²) in [6, 6.07) is 0.411. The Labute approximate surface area is 114 Å². The number of nitrogens with one attached hydrogen (secondary N) is 2. The lowest BCUT2D eigenvalue weighted by molar-refractivity contribution is 0.102. The molecule has 1 aromatic heterocycles. The third-order valence-electron chi connectivity index (χ3n) is 4.07. The summed E-state index contributed by atoms with van der Waals surface area (Å²) in [6.07, 6.45) is 6.88. The van der Waals surface area contributed by atoms with E-state index in [9.17, 15) is 0 Å². The zero-order chi connectivity index (χ0) is 13.2. The largest absolute Gasteiger partial charge is 0.373 e. The van der Waals surface area contributed by atoms with Crippen LogP contribution < -0.4 is 10.6 Å². The van der Waals surface area contributed by atoms with Gasteiger partial charge in [0.15, 0.2) is 0 Å². The van der Waals surface area contributed by atoms with Gasteiger partial charge in [0.1, 0.15) is 18.0 Å². The van der Waals surface area contributed by atoms with Crippen molar-refractivity contribution in [2.45, 2.75) is 57.8 Å². The number of rotatable bonds is 5. The van der Waals surface area contributed by atoms with Crippen LogP contribution in [-0.4, -0.2) is 34.8 Å². The standard InChI is InChI=1S/C14H22N4O/c1-3-10-13(15-4-2)16-8-17-14(10)18-11-7-9-5-6-12(11)19-9/h8-9,11-12H,3-7H2,1-2H3,(H2,15,16,17,18). The molecule has 2 fully saturated rings. The first-order valence-electron chi connectivity index (χ1n) is 7.31. The van der Waals surface area contributed by atoms with Gasteiger partial charge in [-0.2, -0.15) is 0 Å². The van der Waals surface area contributed by atoms with Crippen molar-refractivity contribution in [2.24, 2.45) is 0 Å². The van der Waals surface area contributed by atoms with E-state index < -0.39 is 0 Å². The summed E-state index contributed by atoms with van der Waals surface area (Å²) < 4.78 is 5.89. The fraction of sp³-hybridized carbons (Fsp3) is 0.714. The number of hydrogen-bond donors (Lipinski definition) is 2. The Morgan fingerprint density at radius 1 is 1.26 bits per heavy atom. The van der Waals surface area contributed by atoms with Crippen molar-refractivity contribution in [1.82, 2.24) is 9.97 Å². The zero-order valence-electron chi connectivity index (χ0n) is 11.6. The van der Waals surface area contributed by atoms with E-state index in [1.165, 1.54) is 18.4 Å². The van der Waals surface area contributed by atoms with Gasteiger partial charge in [-0.25, -0.2) is 9.97 Å². The smallest absolute Gasteiger partial charge is 0.135 e. The summed E-state index contributed by atoms with van der Waals surface area (Å²) in [5.74, 6) is 1.92. The van der Waals surface area contributed by atoms with Crippen LogP contribution in [0.15, 0.2) is 6.33 Å². The average molecular weight is 262 g/mol. The second-order valence-corrected chi connectivity index (χ2v) is 5.29. The number of fused-ring (bicyclic) bond motifs is 2. The summed E-state index contributed by atoms with van der Waals surface area (Å²) in [5.41, 5.74) is 1.17. The molecule has 3 heterocycles. The van der Waals surface area contributed by atoms with Crippen LogP contribution in [0.5, 0.6) is 0 Å². The first-order valence-corrected chi connectivity index (χ1v) is 7.31. The third kappa shape index (κ3) is 2.39. The maximum absolute atomic E-state index is 5.89. The number of nitrogens with zero attached hydrogens (tertiary/aromatic N) is 2. The molecule has 0 saturated carbocycles. The van der Waals surface area contributed by atoms with Gasteiger partial charge in [0.05, 0.1) is 18.2 Å². The maximum atomic E-state index is 5.89. The van der Waals surface area contributed by atoms with Crippen molar-refractivity contribution in [1.29, 1.82) is 0 Å². The monoisotopic (exact) mass is 262 g/mol. The molecule has 0 aliphatic carbocycles. The van der Waals surface area contributed by atoms with Crippen LogP contribution in [0.25, 0.3) is 0 Å². The highest BCUT2D eigenvalue weighted by Crippen LogP contribution is 2.36. The van der Waals surface area contributed by atoms with Gasteiger partial charge in [0.2, 0.25) is 0 Å². The molecule has 2 aliphatic rings. The first kappa shape index (κ1) is 12.7. The van der Waals surface area contributed by atoms with Crippen LogP contribution in [0, 0.1) is 0 Å². The topological polar surface area (TPSA) is 59.1 Å². The van der Waals surface area contributed by atoms with Crippen molar-refractivity contribution >= 4 is 11.6 Å². The molecule has 0 amide bonds. The molecule has 2 N–H and O–H groups in total.